The molecule has 174 valence electrons. The molecule has 0 saturated carbocycles. The Kier molecular flexibility index (Phi) is 7.18. The third-order valence-corrected chi connectivity index (χ3v) is 5.36. The maximum Gasteiger partial charge on any atom is 0.230 e. The molecule has 4 aromatic rings. The number of furan rings is 1. The van der Waals surface area contributed by atoms with E-state index in [1.807, 2.05) is 26.0 Å². The molecule has 0 radical (unpaired) electrons. The zero-order valence-electron chi connectivity index (χ0n) is 18.9. The van der Waals surface area contributed by atoms with Crippen LogP contribution < -0.4 is 14.8 Å². The Labute approximate surface area is 202 Å². The molecule has 0 spiro atoms. The fourth-order valence-electron chi connectivity index (χ4n) is 3.65. The van der Waals surface area contributed by atoms with Gasteiger partial charge >= 0.3 is 0 Å². The van der Waals surface area contributed by atoms with Crippen LogP contribution in [-0.4, -0.2) is 24.9 Å². The summed E-state index contributed by atoms with van der Waals surface area (Å²) < 4.78 is 17.1. The lowest BCUT2D eigenvalue weighted by Gasteiger charge is -2.12. The van der Waals surface area contributed by atoms with Crippen molar-refractivity contribution in [2.24, 2.45) is 0 Å². The van der Waals surface area contributed by atoms with Gasteiger partial charge in [0.2, 0.25) is 11.7 Å². The summed E-state index contributed by atoms with van der Waals surface area (Å²) in [6.07, 6.45) is 0.0681. The highest BCUT2D eigenvalue weighted by Gasteiger charge is 2.24. The molecule has 0 fully saturated rings. The third kappa shape index (κ3) is 5.07. The molecule has 6 nitrogen and oxygen atoms in total. The molecular weight excluding hydrogens is 454 g/mol. The summed E-state index contributed by atoms with van der Waals surface area (Å²) in [4.78, 5) is 26.2. The van der Waals surface area contributed by atoms with Gasteiger partial charge in [0, 0.05) is 16.0 Å². The van der Waals surface area contributed by atoms with Crippen molar-refractivity contribution in [1.82, 2.24) is 0 Å². The minimum Gasteiger partial charge on any atom is -0.490 e. The van der Waals surface area contributed by atoms with Gasteiger partial charge in [-0.15, -0.1) is 0 Å². The van der Waals surface area contributed by atoms with Gasteiger partial charge in [-0.1, -0.05) is 48.0 Å². The lowest BCUT2D eigenvalue weighted by atomic mass is 10.1. The van der Waals surface area contributed by atoms with Gasteiger partial charge in [-0.05, 0) is 49.7 Å². The molecule has 0 atom stereocenters. The number of amides is 1. The molecule has 0 aliphatic carbocycles. The lowest BCUT2D eigenvalue weighted by molar-refractivity contribution is -0.115. The van der Waals surface area contributed by atoms with Crippen molar-refractivity contribution in [2.45, 2.75) is 20.3 Å². The minimum atomic E-state index is -0.331. The zero-order valence-corrected chi connectivity index (χ0v) is 19.6. The Hall–Kier alpha value is -3.77. The van der Waals surface area contributed by atoms with Crippen LogP contribution >= 0.6 is 11.6 Å². The second-order valence-electron chi connectivity index (χ2n) is 7.51. The molecule has 1 N–H and O–H groups in total. The normalized spacial score (nSPS) is 10.8. The molecule has 0 bridgehead atoms. The van der Waals surface area contributed by atoms with E-state index in [0.29, 0.717) is 52.0 Å². The minimum absolute atomic E-state index is 0.0542. The molecule has 7 heteroatoms. The number of halogens is 1. The van der Waals surface area contributed by atoms with E-state index in [2.05, 4.69) is 5.32 Å². The maximum absolute atomic E-state index is 13.2. The summed E-state index contributed by atoms with van der Waals surface area (Å²) in [6.45, 7) is 4.76. The Morgan fingerprint density at radius 3 is 2.38 bits per heavy atom. The number of ketones is 1. The summed E-state index contributed by atoms with van der Waals surface area (Å²) >= 11 is 6.19. The highest BCUT2D eigenvalue weighted by atomic mass is 35.5. The van der Waals surface area contributed by atoms with Crippen LogP contribution in [0.4, 0.5) is 5.69 Å². The van der Waals surface area contributed by atoms with E-state index in [1.165, 1.54) is 0 Å². The van der Waals surface area contributed by atoms with Gasteiger partial charge in [0.05, 0.1) is 25.3 Å². The highest BCUT2D eigenvalue weighted by Crippen LogP contribution is 2.35. The van der Waals surface area contributed by atoms with Gasteiger partial charge in [0.25, 0.3) is 0 Å². The molecule has 3 aromatic carbocycles. The van der Waals surface area contributed by atoms with E-state index in [9.17, 15) is 9.59 Å². The van der Waals surface area contributed by atoms with E-state index < -0.39 is 0 Å². The third-order valence-electron chi connectivity index (χ3n) is 5.13. The predicted molar refractivity (Wildman–Crippen MR) is 132 cm³/mol. The van der Waals surface area contributed by atoms with Crippen molar-refractivity contribution in [3.8, 4) is 11.5 Å². The van der Waals surface area contributed by atoms with Crippen LogP contribution in [0.15, 0.2) is 71.1 Å². The van der Waals surface area contributed by atoms with Crippen LogP contribution in [0.25, 0.3) is 11.0 Å². The number of benzene rings is 3. The van der Waals surface area contributed by atoms with Crippen molar-refractivity contribution >= 4 is 39.9 Å². The van der Waals surface area contributed by atoms with E-state index in [1.54, 1.807) is 54.6 Å². The second-order valence-corrected chi connectivity index (χ2v) is 7.95. The van der Waals surface area contributed by atoms with E-state index in [4.69, 9.17) is 25.5 Å². The SMILES string of the molecule is CCOc1ccc(CC(=O)Nc2c(C(=O)c3ccccc3)oc3ccc(Cl)cc23)cc1OCC. The second kappa shape index (κ2) is 10.4. The van der Waals surface area contributed by atoms with Gasteiger partial charge < -0.3 is 19.2 Å². The molecule has 1 heterocycles. The summed E-state index contributed by atoms with van der Waals surface area (Å²) in [6, 6.07) is 19.2. The maximum atomic E-state index is 13.2. The quantitative estimate of drug-likeness (QED) is 0.286. The first kappa shape index (κ1) is 23.4. The number of fused-ring (bicyclic) bond motifs is 1. The summed E-state index contributed by atoms with van der Waals surface area (Å²) in [5.74, 6) is 0.618. The average Bonchev–Trinajstić information content (AvgIpc) is 3.18. The van der Waals surface area contributed by atoms with Crippen molar-refractivity contribution in [1.29, 1.82) is 0 Å². The van der Waals surface area contributed by atoms with E-state index in [0.717, 1.165) is 5.56 Å². The van der Waals surface area contributed by atoms with Crippen LogP contribution in [-0.2, 0) is 11.2 Å². The fraction of sp³-hybridized carbons (Fsp3) is 0.185. The molecule has 0 aliphatic heterocycles. The topological polar surface area (TPSA) is 77.8 Å². The summed E-state index contributed by atoms with van der Waals surface area (Å²) in [5.41, 5.74) is 1.95. The Morgan fingerprint density at radius 2 is 1.65 bits per heavy atom. The number of rotatable bonds is 9. The Bertz CT molecular complexity index is 1330. The standard InChI is InChI=1S/C27H24ClNO5/c1-3-32-22-12-10-17(14-23(22)33-4-2)15-24(30)29-25-20-16-19(28)11-13-21(20)34-27(25)26(31)18-8-6-5-7-9-18/h5-14,16H,3-4,15H2,1-2H3,(H,29,30). The van der Waals surface area contributed by atoms with Crippen molar-refractivity contribution in [3.05, 3.63) is 88.6 Å². The smallest absolute Gasteiger partial charge is 0.230 e. The number of hydrogen-bond acceptors (Lipinski definition) is 5. The van der Waals surface area contributed by atoms with Crippen LogP contribution in [0, 0.1) is 0 Å². The molecular formula is C27H24ClNO5. The average molecular weight is 478 g/mol. The summed E-state index contributed by atoms with van der Waals surface area (Å²) in [7, 11) is 0. The summed E-state index contributed by atoms with van der Waals surface area (Å²) in [5, 5.41) is 3.89. The van der Waals surface area contributed by atoms with Gasteiger partial charge in [0.1, 0.15) is 5.58 Å². The predicted octanol–water partition coefficient (Wildman–Crippen LogP) is 6.30. The molecule has 0 saturated heterocycles. The first-order valence-corrected chi connectivity index (χ1v) is 11.4. The molecule has 4 rings (SSSR count). The molecule has 34 heavy (non-hydrogen) atoms. The van der Waals surface area contributed by atoms with Gasteiger partial charge in [0.15, 0.2) is 17.3 Å². The molecule has 0 unspecified atom stereocenters. The largest absolute Gasteiger partial charge is 0.490 e. The van der Waals surface area contributed by atoms with Gasteiger partial charge in [-0.2, -0.15) is 0 Å². The van der Waals surface area contributed by atoms with Crippen LogP contribution in [0.3, 0.4) is 0 Å². The Balaban J connectivity index is 1.65. The Morgan fingerprint density at radius 1 is 0.912 bits per heavy atom. The number of carbonyl (C=O) groups is 2. The fourth-order valence-corrected chi connectivity index (χ4v) is 3.82. The number of carbonyl (C=O) groups excluding carboxylic acids is 2. The van der Waals surface area contributed by atoms with Crippen LogP contribution in [0.1, 0.15) is 35.5 Å². The lowest BCUT2D eigenvalue weighted by Crippen LogP contribution is -2.16. The first-order valence-electron chi connectivity index (χ1n) is 11.0. The van der Waals surface area contributed by atoms with Crippen molar-refractivity contribution < 1.29 is 23.5 Å². The number of hydrogen-bond donors (Lipinski definition) is 1. The zero-order chi connectivity index (χ0) is 24.1. The number of ether oxygens (including phenoxy) is 2. The van der Waals surface area contributed by atoms with Crippen molar-refractivity contribution in [2.75, 3.05) is 18.5 Å². The molecule has 1 aromatic heterocycles. The number of anilines is 1. The van der Waals surface area contributed by atoms with Crippen LogP contribution in [0.2, 0.25) is 5.02 Å². The van der Waals surface area contributed by atoms with E-state index >= 15 is 0 Å². The number of nitrogens with one attached hydrogen (secondary N) is 1. The van der Waals surface area contributed by atoms with Crippen LogP contribution in [0.5, 0.6) is 11.5 Å². The monoisotopic (exact) mass is 477 g/mol. The van der Waals surface area contributed by atoms with E-state index in [-0.39, 0.29) is 23.9 Å². The van der Waals surface area contributed by atoms with Gasteiger partial charge in [-0.3, -0.25) is 9.59 Å². The van der Waals surface area contributed by atoms with Gasteiger partial charge in [-0.25, -0.2) is 0 Å². The van der Waals surface area contributed by atoms with Crippen molar-refractivity contribution in [3.63, 3.8) is 0 Å². The molecule has 0 aliphatic rings. The molecule has 1 amide bonds. The highest BCUT2D eigenvalue weighted by molar-refractivity contribution is 6.31. The first-order chi connectivity index (χ1) is 16.5.